The summed E-state index contributed by atoms with van der Waals surface area (Å²) in [6.45, 7) is 5.90. The number of unbranched alkanes of at least 4 members (excludes halogenated alkanes) is 8. The summed E-state index contributed by atoms with van der Waals surface area (Å²) in [6, 6.07) is 5.74. The molecule has 1 rings (SSSR count). The topological polar surface area (TPSA) is 38.7 Å². The number of rotatable bonds is 15. The van der Waals surface area contributed by atoms with Gasteiger partial charge in [0.2, 0.25) is 0 Å². The minimum Gasteiger partial charge on any atom is -0.493 e. The second-order valence-electron chi connectivity index (χ2n) is 6.45. The van der Waals surface area contributed by atoms with E-state index in [0.29, 0.717) is 6.61 Å². The highest BCUT2D eigenvalue weighted by Crippen LogP contribution is 2.25. The van der Waals surface area contributed by atoms with Gasteiger partial charge in [0.25, 0.3) is 0 Å². The molecule has 0 fully saturated rings. The Balaban J connectivity index is 2.34. The molecule has 1 aromatic carbocycles. The van der Waals surface area contributed by atoms with Crippen molar-refractivity contribution >= 4 is 0 Å². The maximum Gasteiger partial charge on any atom is 0.128 e. The molecule has 0 aromatic heterocycles. The second kappa shape index (κ2) is 14.2. The zero-order chi connectivity index (χ0) is 17.5. The lowest BCUT2D eigenvalue weighted by atomic mass is 10.1. The first-order chi connectivity index (χ1) is 11.8. The molecule has 0 amide bonds. The lowest BCUT2D eigenvalue weighted by Crippen LogP contribution is -2.02. The van der Waals surface area contributed by atoms with Gasteiger partial charge in [-0.15, -0.1) is 0 Å². The highest BCUT2D eigenvalue weighted by Gasteiger charge is 2.06. The van der Waals surface area contributed by atoms with Crippen molar-refractivity contribution in [3.63, 3.8) is 0 Å². The first-order valence-corrected chi connectivity index (χ1v) is 9.81. The molecule has 0 heterocycles. The van der Waals surface area contributed by atoms with Crippen molar-refractivity contribution in [1.82, 2.24) is 0 Å². The van der Waals surface area contributed by atoms with Crippen molar-refractivity contribution < 1.29 is 14.6 Å². The predicted octanol–water partition coefficient (Wildman–Crippen LogP) is 5.88. The van der Waals surface area contributed by atoms with Crippen LogP contribution in [-0.2, 0) is 6.61 Å². The summed E-state index contributed by atoms with van der Waals surface area (Å²) in [5, 5.41) is 9.46. The van der Waals surface area contributed by atoms with Crippen LogP contribution in [0.3, 0.4) is 0 Å². The molecule has 0 aliphatic heterocycles. The van der Waals surface area contributed by atoms with Crippen molar-refractivity contribution in [2.24, 2.45) is 0 Å². The third kappa shape index (κ3) is 9.17. The summed E-state index contributed by atoms with van der Waals surface area (Å²) in [4.78, 5) is 0. The number of ether oxygens (including phenoxy) is 2. The Hall–Kier alpha value is -1.22. The van der Waals surface area contributed by atoms with Crippen LogP contribution < -0.4 is 9.47 Å². The molecule has 0 aliphatic rings. The van der Waals surface area contributed by atoms with E-state index in [1.807, 2.05) is 18.2 Å². The Morgan fingerprint density at radius 3 is 1.92 bits per heavy atom. The van der Waals surface area contributed by atoms with Crippen molar-refractivity contribution in [2.75, 3.05) is 13.2 Å². The molecule has 1 aromatic rings. The number of hydrogen-bond donors (Lipinski definition) is 1. The number of hydrogen-bond acceptors (Lipinski definition) is 3. The number of aliphatic hydroxyl groups excluding tert-OH is 1. The van der Waals surface area contributed by atoms with E-state index < -0.39 is 0 Å². The third-order valence-electron chi connectivity index (χ3n) is 4.23. The Morgan fingerprint density at radius 2 is 1.33 bits per heavy atom. The summed E-state index contributed by atoms with van der Waals surface area (Å²) in [6.07, 6.45) is 12.3. The maximum atomic E-state index is 9.46. The summed E-state index contributed by atoms with van der Waals surface area (Å²) >= 11 is 0. The van der Waals surface area contributed by atoms with E-state index >= 15 is 0 Å². The monoisotopic (exact) mass is 336 g/mol. The molecule has 24 heavy (non-hydrogen) atoms. The molecule has 1 N–H and O–H groups in total. The lowest BCUT2D eigenvalue weighted by molar-refractivity contribution is 0.257. The van der Waals surface area contributed by atoms with Gasteiger partial charge in [-0.05, 0) is 25.0 Å². The van der Waals surface area contributed by atoms with Crippen LogP contribution in [-0.4, -0.2) is 18.3 Å². The quantitative estimate of drug-likeness (QED) is 0.407. The van der Waals surface area contributed by atoms with Gasteiger partial charge in [0, 0.05) is 11.6 Å². The number of aliphatic hydroxyl groups is 1. The van der Waals surface area contributed by atoms with Crippen LogP contribution in [0.15, 0.2) is 18.2 Å². The molecule has 0 saturated carbocycles. The molecular formula is C21H36O3. The minimum atomic E-state index is 0.00245. The van der Waals surface area contributed by atoms with Crippen LogP contribution in [0.5, 0.6) is 11.5 Å². The highest BCUT2D eigenvalue weighted by atomic mass is 16.5. The van der Waals surface area contributed by atoms with Gasteiger partial charge in [-0.1, -0.05) is 65.2 Å². The summed E-state index contributed by atoms with van der Waals surface area (Å²) in [5.74, 6) is 1.60. The number of benzene rings is 1. The van der Waals surface area contributed by atoms with Crippen LogP contribution in [0.4, 0.5) is 0 Å². The van der Waals surface area contributed by atoms with E-state index in [0.717, 1.165) is 36.5 Å². The Bertz CT molecular complexity index is 418. The van der Waals surface area contributed by atoms with Crippen molar-refractivity contribution in [2.45, 2.75) is 84.7 Å². The zero-order valence-corrected chi connectivity index (χ0v) is 15.7. The average molecular weight is 337 g/mol. The molecule has 3 nitrogen and oxygen atoms in total. The van der Waals surface area contributed by atoms with E-state index in [4.69, 9.17) is 9.47 Å². The molecule has 0 saturated heterocycles. The smallest absolute Gasteiger partial charge is 0.128 e. The predicted molar refractivity (Wildman–Crippen MR) is 101 cm³/mol. The SMILES string of the molecule is CCCCCCCOc1ccc(CO)c(OCCCCCCC)c1. The van der Waals surface area contributed by atoms with Crippen molar-refractivity contribution in [1.29, 1.82) is 0 Å². The van der Waals surface area contributed by atoms with Gasteiger partial charge in [0.1, 0.15) is 11.5 Å². The van der Waals surface area contributed by atoms with Crippen molar-refractivity contribution in [3.8, 4) is 11.5 Å². The summed E-state index contributed by atoms with van der Waals surface area (Å²) in [7, 11) is 0. The molecule has 0 atom stereocenters. The van der Waals surface area contributed by atoms with Gasteiger partial charge in [0.15, 0.2) is 0 Å². The van der Waals surface area contributed by atoms with Crippen LogP contribution in [0.1, 0.15) is 83.6 Å². The molecule has 0 spiro atoms. The lowest BCUT2D eigenvalue weighted by Gasteiger charge is -2.13. The fourth-order valence-corrected chi connectivity index (χ4v) is 2.67. The highest BCUT2D eigenvalue weighted by molar-refractivity contribution is 5.40. The molecule has 138 valence electrons. The Morgan fingerprint density at radius 1 is 0.750 bits per heavy atom. The summed E-state index contributed by atoms with van der Waals surface area (Å²) in [5.41, 5.74) is 0.832. The fraction of sp³-hybridized carbons (Fsp3) is 0.714. The van der Waals surface area contributed by atoms with Gasteiger partial charge in [-0.2, -0.15) is 0 Å². The van der Waals surface area contributed by atoms with E-state index in [1.165, 1.54) is 51.4 Å². The molecule has 0 bridgehead atoms. The second-order valence-corrected chi connectivity index (χ2v) is 6.45. The first-order valence-electron chi connectivity index (χ1n) is 9.81. The van der Waals surface area contributed by atoms with E-state index in [2.05, 4.69) is 13.8 Å². The first kappa shape index (κ1) is 20.8. The zero-order valence-electron chi connectivity index (χ0n) is 15.7. The van der Waals surface area contributed by atoms with Gasteiger partial charge >= 0.3 is 0 Å². The van der Waals surface area contributed by atoms with Crippen LogP contribution in [0, 0.1) is 0 Å². The van der Waals surface area contributed by atoms with Crippen LogP contribution in [0.2, 0.25) is 0 Å². The van der Waals surface area contributed by atoms with E-state index in [-0.39, 0.29) is 6.61 Å². The Labute approximate surface area is 148 Å². The van der Waals surface area contributed by atoms with E-state index in [1.54, 1.807) is 0 Å². The summed E-state index contributed by atoms with van der Waals surface area (Å²) < 4.78 is 11.7. The standard InChI is InChI=1S/C21H36O3/c1-3-5-7-9-11-15-23-20-14-13-19(18-22)21(17-20)24-16-12-10-8-6-4-2/h13-14,17,22H,3-12,15-16,18H2,1-2H3. The molecular weight excluding hydrogens is 300 g/mol. The molecule has 0 aliphatic carbocycles. The maximum absolute atomic E-state index is 9.46. The van der Waals surface area contributed by atoms with Crippen LogP contribution in [0.25, 0.3) is 0 Å². The van der Waals surface area contributed by atoms with Crippen LogP contribution >= 0.6 is 0 Å². The van der Waals surface area contributed by atoms with E-state index in [9.17, 15) is 5.11 Å². The van der Waals surface area contributed by atoms with Gasteiger partial charge in [-0.25, -0.2) is 0 Å². The molecule has 0 radical (unpaired) electrons. The normalized spacial score (nSPS) is 10.8. The van der Waals surface area contributed by atoms with Gasteiger partial charge in [-0.3, -0.25) is 0 Å². The fourth-order valence-electron chi connectivity index (χ4n) is 2.67. The van der Waals surface area contributed by atoms with Gasteiger partial charge in [0.05, 0.1) is 19.8 Å². The molecule has 3 heteroatoms. The third-order valence-corrected chi connectivity index (χ3v) is 4.23. The average Bonchev–Trinajstić information content (AvgIpc) is 2.61. The molecule has 0 unspecified atom stereocenters. The van der Waals surface area contributed by atoms with Gasteiger partial charge < -0.3 is 14.6 Å². The Kier molecular flexibility index (Phi) is 12.3. The van der Waals surface area contributed by atoms with Crippen molar-refractivity contribution in [3.05, 3.63) is 23.8 Å². The largest absolute Gasteiger partial charge is 0.493 e. The minimum absolute atomic E-state index is 0.00245.